The molecule has 0 aromatic carbocycles. The van der Waals surface area contributed by atoms with Crippen LogP contribution in [0.3, 0.4) is 0 Å². The molecule has 2 saturated heterocycles. The van der Waals surface area contributed by atoms with Crippen LogP contribution in [0.5, 0.6) is 0 Å². The minimum atomic E-state index is -0.960. The van der Waals surface area contributed by atoms with Crippen molar-refractivity contribution in [1.29, 1.82) is 0 Å². The number of carbonyl (C=O) groups excluding carboxylic acids is 1. The number of hydrogen-bond acceptors (Lipinski definition) is 4. The molecule has 3 heterocycles. The maximum Gasteiger partial charge on any atom is 0.310 e. The first-order valence-electron chi connectivity index (χ1n) is 5.97. The summed E-state index contributed by atoms with van der Waals surface area (Å²) in [5, 5.41) is 9.25. The van der Waals surface area contributed by atoms with Crippen molar-refractivity contribution in [3.63, 3.8) is 0 Å². The van der Waals surface area contributed by atoms with Gasteiger partial charge in [0.2, 0.25) is 5.91 Å². The van der Waals surface area contributed by atoms with Crippen molar-refractivity contribution in [2.24, 2.45) is 11.8 Å². The van der Waals surface area contributed by atoms with Crippen LogP contribution in [0.15, 0.2) is 12.2 Å². The van der Waals surface area contributed by atoms with E-state index in [2.05, 4.69) is 0 Å². The highest BCUT2D eigenvalue weighted by Crippen LogP contribution is 2.51. The van der Waals surface area contributed by atoms with Gasteiger partial charge in [0.25, 0.3) is 0 Å². The summed E-state index contributed by atoms with van der Waals surface area (Å²) in [6, 6.07) is 0. The number of aliphatic carboxylic acids is 1. The predicted octanol–water partition coefficient (Wildman–Crippen LogP) is -0.501. The predicted molar refractivity (Wildman–Crippen MR) is 59.8 cm³/mol. The number of amides is 1. The van der Waals surface area contributed by atoms with Gasteiger partial charge in [-0.25, -0.2) is 0 Å². The largest absolute Gasteiger partial charge is 0.481 e. The lowest BCUT2D eigenvalue weighted by atomic mass is 9.77. The van der Waals surface area contributed by atoms with Crippen LogP contribution in [0.2, 0.25) is 0 Å². The van der Waals surface area contributed by atoms with Crippen LogP contribution in [-0.4, -0.2) is 60.4 Å². The Kier molecular flexibility index (Phi) is 2.46. The van der Waals surface area contributed by atoms with Crippen molar-refractivity contribution < 1.29 is 24.2 Å². The Bertz CT molecular complexity index is 434. The molecule has 1 amide bonds. The quantitative estimate of drug-likeness (QED) is 0.683. The van der Waals surface area contributed by atoms with Gasteiger partial charge in [0.05, 0.1) is 25.2 Å². The lowest BCUT2D eigenvalue weighted by molar-refractivity contribution is -0.148. The summed E-state index contributed by atoms with van der Waals surface area (Å²) in [4.78, 5) is 25.2. The standard InChI is InChI=1S/C12H15NO5/c1-17-5-4-13-6-12-3-2-7(18-12)8(11(15)16)9(12)10(13)14/h2-3,7-9H,4-6H2,1H3,(H,15,16)/t7-,8+,9-,12+/m1/s1. The van der Waals surface area contributed by atoms with E-state index >= 15 is 0 Å². The van der Waals surface area contributed by atoms with Crippen molar-refractivity contribution >= 4 is 11.9 Å². The van der Waals surface area contributed by atoms with Gasteiger partial charge in [0, 0.05) is 13.7 Å². The minimum Gasteiger partial charge on any atom is -0.481 e. The molecule has 0 aromatic heterocycles. The van der Waals surface area contributed by atoms with E-state index in [9.17, 15) is 14.7 Å². The van der Waals surface area contributed by atoms with Crippen LogP contribution in [0.1, 0.15) is 0 Å². The van der Waals surface area contributed by atoms with E-state index in [1.807, 2.05) is 6.08 Å². The van der Waals surface area contributed by atoms with E-state index in [0.29, 0.717) is 19.7 Å². The number of methoxy groups -OCH3 is 1. The Hall–Kier alpha value is -1.40. The van der Waals surface area contributed by atoms with Gasteiger partial charge < -0.3 is 19.5 Å². The van der Waals surface area contributed by atoms with Crippen LogP contribution in [-0.2, 0) is 19.1 Å². The number of fused-ring (bicyclic) bond motifs is 1. The molecule has 0 saturated carbocycles. The summed E-state index contributed by atoms with van der Waals surface area (Å²) in [5.74, 6) is -2.43. The van der Waals surface area contributed by atoms with Crippen LogP contribution in [0.25, 0.3) is 0 Å². The molecule has 18 heavy (non-hydrogen) atoms. The fourth-order valence-corrected chi connectivity index (χ4v) is 3.25. The molecule has 3 rings (SSSR count). The summed E-state index contributed by atoms with van der Waals surface area (Å²) in [7, 11) is 1.57. The second-order valence-electron chi connectivity index (χ2n) is 4.99. The number of carbonyl (C=O) groups is 2. The molecule has 3 aliphatic heterocycles. The summed E-state index contributed by atoms with van der Waals surface area (Å²) in [5.41, 5.74) is -0.724. The fraction of sp³-hybridized carbons (Fsp3) is 0.667. The Morgan fingerprint density at radius 2 is 2.50 bits per heavy atom. The molecule has 4 atom stereocenters. The van der Waals surface area contributed by atoms with Crippen molar-refractivity contribution in [2.75, 3.05) is 26.8 Å². The molecule has 6 nitrogen and oxygen atoms in total. The number of rotatable bonds is 4. The minimum absolute atomic E-state index is 0.133. The van der Waals surface area contributed by atoms with Crippen LogP contribution >= 0.6 is 0 Å². The van der Waals surface area contributed by atoms with E-state index in [1.165, 1.54) is 0 Å². The van der Waals surface area contributed by atoms with E-state index < -0.39 is 29.5 Å². The first-order valence-corrected chi connectivity index (χ1v) is 5.97. The molecule has 1 N–H and O–H groups in total. The van der Waals surface area contributed by atoms with Crippen molar-refractivity contribution in [2.45, 2.75) is 11.7 Å². The third-order valence-corrected chi connectivity index (χ3v) is 4.03. The first kappa shape index (κ1) is 11.7. The molecule has 0 unspecified atom stereocenters. The van der Waals surface area contributed by atoms with E-state index in [-0.39, 0.29) is 5.91 Å². The van der Waals surface area contributed by atoms with Gasteiger partial charge in [-0.05, 0) is 0 Å². The average Bonchev–Trinajstić information content (AvgIpc) is 2.95. The van der Waals surface area contributed by atoms with Crippen LogP contribution < -0.4 is 0 Å². The highest BCUT2D eigenvalue weighted by atomic mass is 16.5. The second kappa shape index (κ2) is 3.80. The molecule has 6 heteroatoms. The third kappa shape index (κ3) is 1.36. The Morgan fingerprint density at radius 3 is 3.17 bits per heavy atom. The normalized spacial score (nSPS) is 40.6. The summed E-state index contributed by atoms with van der Waals surface area (Å²) in [6.45, 7) is 1.35. The van der Waals surface area contributed by atoms with Crippen molar-refractivity contribution in [3.05, 3.63) is 12.2 Å². The zero-order valence-electron chi connectivity index (χ0n) is 10.0. The van der Waals surface area contributed by atoms with Gasteiger partial charge in [-0.1, -0.05) is 12.2 Å². The summed E-state index contributed by atoms with van der Waals surface area (Å²) >= 11 is 0. The monoisotopic (exact) mass is 253 g/mol. The van der Waals surface area contributed by atoms with Crippen LogP contribution in [0, 0.1) is 11.8 Å². The SMILES string of the molecule is COCCN1C[C@]23C=C[C@@H](O2)[C@H](C(=O)O)[C@@H]3C1=O. The number of carboxylic acids is 1. The molecule has 0 radical (unpaired) electrons. The number of ether oxygens (including phenoxy) is 2. The number of nitrogens with zero attached hydrogens (tertiary/aromatic N) is 1. The average molecular weight is 253 g/mol. The molecule has 3 aliphatic rings. The topological polar surface area (TPSA) is 76.1 Å². The van der Waals surface area contributed by atoms with Gasteiger partial charge in [0.1, 0.15) is 11.5 Å². The molecule has 0 aromatic rings. The van der Waals surface area contributed by atoms with Gasteiger partial charge in [-0.3, -0.25) is 9.59 Å². The van der Waals surface area contributed by atoms with E-state index in [1.54, 1.807) is 18.1 Å². The van der Waals surface area contributed by atoms with Gasteiger partial charge in [-0.2, -0.15) is 0 Å². The maximum absolute atomic E-state index is 12.3. The number of carboxylic acid groups (broad SMARTS) is 1. The highest BCUT2D eigenvalue weighted by Gasteiger charge is 2.66. The number of likely N-dealkylation sites (tertiary alicyclic amines) is 1. The van der Waals surface area contributed by atoms with Crippen molar-refractivity contribution in [1.82, 2.24) is 4.90 Å². The molecule has 2 bridgehead atoms. The lowest BCUT2D eigenvalue weighted by Crippen LogP contribution is -2.39. The molecule has 1 spiro atoms. The van der Waals surface area contributed by atoms with Gasteiger partial charge in [-0.15, -0.1) is 0 Å². The van der Waals surface area contributed by atoms with E-state index in [4.69, 9.17) is 9.47 Å². The molecule has 0 aliphatic carbocycles. The Morgan fingerprint density at radius 1 is 1.72 bits per heavy atom. The van der Waals surface area contributed by atoms with Crippen LogP contribution in [0.4, 0.5) is 0 Å². The molecule has 2 fully saturated rings. The molecular formula is C12H15NO5. The maximum atomic E-state index is 12.3. The highest BCUT2D eigenvalue weighted by molar-refractivity contribution is 5.90. The zero-order valence-corrected chi connectivity index (χ0v) is 10.0. The van der Waals surface area contributed by atoms with Gasteiger partial charge in [0.15, 0.2) is 0 Å². The Balaban J connectivity index is 1.87. The summed E-state index contributed by atoms with van der Waals surface area (Å²) < 4.78 is 10.7. The summed E-state index contributed by atoms with van der Waals surface area (Å²) in [6.07, 6.45) is 3.16. The first-order chi connectivity index (χ1) is 8.59. The molecule has 98 valence electrons. The van der Waals surface area contributed by atoms with E-state index in [0.717, 1.165) is 0 Å². The number of hydrogen-bond donors (Lipinski definition) is 1. The zero-order chi connectivity index (χ0) is 12.9. The second-order valence-corrected chi connectivity index (χ2v) is 4.99. The van der Waals surface area contributed by atoms with Gasteiger partial charge >= 0.3 is 5.97 Å². The third-order valence-electron chi connectivity index (χ3n) is 4.03. The molecular weight excluding hydrogens is 238 g/mol. The smallest absolute Gasteiger partial charge is 0.310 e. The fourth-order valence-electron chi connectivity index (χ4n) is 3.25. The van der Waals surface area contributed by atoms with Crippen molar-refractivity contribution in [3.8, 4) is 0 Å². The Labute approximate surface area is 104 Å². The lowest BCUT2D eigenvalue weighted by Gasteiger charge is -2.21.